The molecule has 0 aromatic rings. The zero-order valence-electron chi connectivity index (χ0n) is 9.51. The van der Waals surface area contributed by atoms with Gasteiger partial charge in [-0.1, -0.05) is 25.0 Å². The molecule has 0 N–H and O–H groups in total. The zero-order valence-corrected chi connectivity index (χ0v) is 9.51. The van der Waals surface area contributed by atoms with E-state index in [9.17, 15) is 4.79 Å². The van der Waals surface area contributed by atoms with Crippen molar-refractivity contribution in [3.8, 4) is 0 Å². The number of allylic oxidation sites excluding steroid dienone is 3. The molecule has 0 aromatic heterocycles. The molecular weight excluding hydrogens is 188 g/mol. The van der Waals surface area contributed by atoms with Gasteiger partial charge in [0.15, 0.2) is 0 Å². The molecule has 2 rings (SSSR count). The summed E-state index contributed by atoms with van der Waals surface area (Å²) in [6.07, 6.45) is 10.0. The summed E-state index contributed by atoms with van der Waals surface area (Å²) in [5, 5.41) is 0. The number of rotatable bonds is 1. The summed E-state index contributed by atoms with van der Waals surface area (Å²) < 4.78 is 4.92. The first-order valence-electron chi connectivity index (χ1n) is 5.66. The summed E-state index contributed by atoms with van der Waals surface area (Å²) in [7, 11) is 1.48. The Morgan fingerprint density at radius 2 is 2.07 bits per heavy atom. The third kappa shape index (κ3) is 1.62. The van der Waals surface area contributed by atoms with Gasteiger partial charge in [-0.05, 0) is 31.8 Å². The van der Waals surface area contributed by atoms with E-state index in [1.165, 1.54) is 20.0 Å². The molecule has 0 bridgehead atoms. The Balaban J connectivity index is 2.41. The van der Waals surface area contributed by atoms with Crippen LogP contribution in [-0.2, 0) is 9.53 Å². The number of methoxy groups -OCH3 is 1. The van der Waals surface area contributed by atoms with Gasteiger partial charge in [-0.25, -0.2) is 4.79 Å². The molecule has 0 atom stereocenters. The Labute approximate surface area is 91.0 Å². The van der Waals surface area contributed by atoms with Gasteiger partial charge >= 0.3 is 5.97 Å². The molecule has 0 saturated heterocycles. The second-order valence-corrected chi connectivity index (χ2v) is 4.64. The fourth-order valence-corrected chi connectivity index (χ4v) is 3.05. The van der Waals surface area contributed by atoms with Gasteiger partial charge in [-0.3, -0.25) is 0 Å². The molecule has 0 aliphatic heterocycles. The van der Waals surface area contributed by atoms with Crippen molar-refractivity contribution in [2.75, 3.05) is 7.11 Å². The Kier molecular flexibility index (Phi) is 2.68. The quantitative estimate of drug-likeness (QED) is 0.616. The molecule has 82 valence electrons. The second-order valence-electron chi connectivity index (χ2n) is 4.64. The van der Waals surface area contributed by atoms with Crippen LogP contribution in [0.2, 0.25) is 0 Å². The number of esters is 1. The fourth-order valence-electron chi connectivity index (χ4n) is 3.05. The molecule has 15 heavy (non-hydrogen) atoms. The van der Waals surface area contributed by atoms with E-state index in [1.54, 1.807) is 0 Å². The molecule has 1 spiro atoms. The van der Waals surface area contributed by atoms with E-state index in [2.05, 4.69) is 12.2 Å². The first-order valence-corrected chi connectivity index (χ1v) is 5.66. The first-order chi connectivity index (χ1) is 7.19. The first kappa shape index (κ1) is 10.5. The summed E-state index contributed by atoms with van der Waals surface area (Å²) in [4.78, 5) is 11.8. The smallest absolute Gasteiger partial charge is 0.334 e. The van der Waals surface area contributed by atoms with Crippen LogP contribution in [0.25, 0.3) is 0 Å². The maximum atomic E-state index is 11.8. The lowest BCUT2D eigenvalue weighted by atomic mass is 9.71. The molecule has 2 aliphatic carbocycles. The highest BCUT2D eigenvalue weighted by Gasteiger charge is 2.42. The Morgan fingerprint density at radius 1 is 1.40 bits per heavy atom. The van der Waals surface area contributed by atoms with Gasteiger partial charge in [-0.15, -0.1) is 0 Å². The highest BCUT2D eigenvalue weighted by molar-refractivity contribution is 5.91. The molecule has 1 saturated carbocycles. The Morgan fingerprint density at radius 3 is 2.67 bits per heavy atom. The van der Waals surface area contributed by atoms with Crippen LogP contribution in [0, 0.1) is 5.41 Å². The lowest BCUT2D eigenvalue weighted by Gasteiger charge is -2.33. The van der Waals surface area contributed by atoms with Crippen LogP contribution >= 0.6 is 0 Å². The minimum Gasteiger partial charge on any atom is -0.466 e. The van der Waals surface area contributed by atoms with E-state index in [0.717, 1.165) is 30.4 Å². The van der Waals surface area contributed by atoms with Crippen molar-refractivity contribution < 1.29 is 9.53 Å². The van der Waals surface area contributed by atoms with Crippen LogP contribution in [0.4, 0.5) is 0 Å². The zero-order chi connectivity index (χ0) is 10.9. The van der Waals surface area contributed by atoms with Gasteiger partial charge in [0.1, 0.15) is 0 Å². The van der Waals surface area contributed by atoms with Crippen LogP contribution in [0.5, 0.6) is 0 Å². The van der Waals surface area contributed by atoms with Crippen molar-refractivity contribution in [3.63, 3.8) is 0 Å². The maximum Gasteiger partial charge on any atom is 0.334 e. The predicted molar refractivity (Wildman–Crippen MR) is 59.4 cm³/mol. The minimum atomic E-state index is -0.126. The molecule has 2 nitrogen and oxygen atoms in total. The van der Waals surface area contributed by atoms with E-state index in [-0.39, 0.29) is 11.4 Å². The summed E-state index contributed by atoms with van der Waals surface area (Å²) >= 11 is 0. The number of hydrogen-bond acceptors (Lipinski definition) is 2. The number of ether oxygens (including phenoxy) is 1. The largest absolute Gasteiger partial charge is 0.466 e. The second kappa shape index (κ2) is 3.84. The van der Waals surface area contributed by atoms with Crippen LogP contribution in [0.15, 0.2) is 23.3 Å². The van der Waals surface area contributed by atoms with Gasteiger partial charge in [0.05, 0.1) is 7.11 Å². The number of carbonyl (C=O) groups excluding carboxylic acids is 1. The third-order valence-corrected chi connectivity index (χ3v) is 3.75. The van der Waals surface area contributed by atoms with Crippen LogP contribution in [0.3, 0.4) is 0 Å². The van der Waals surface area contributed by atoms with E-state index in [1.807, 2.05) is 6.92 Å². The van der Waals surface area contributed by atoms with E-state index in [4.69, 9.17) is 4.74 Å². The van der Waals surface area contributed by atoms with Crippen molar-refractivity contribution in [2.24, 2.45) is 5.41 Å². The molecule has 2 aliphatic rings. The van der Waals surface area contributed by atoms with Gasteiger partial charge in [-0.2, -0.15) is 0 Å². The van der Waals surface area contributed by atoms with Crippen LogP contribution in [0.1, 0.15) is 39.0 Å². The van der Waals surface area contributed by atoms with E-state index in [0.29, 0.717) is 0 Å². The lowest BCUT2D eigenvalue weighted by molar-refractivity contribution is -0.137. The topological polar surface area (TPSA) is 26.3 Å². The van der Waals surface area contributed by atoms with E-state index >= 15 is 0 Å². The summed E-state index contributed by atoms with van der Waals surface area (Å²) in [5.41, 5.74) is 2.13. The third-order valence-electron chi connectivity index (χ3n) is 3.75. The Bertz CT molecular complexity index is 330. The highest BCUT2D eigenvalue weighted by atomic mass is 16.5. The molecule has 0 radical (unpaired) electrons. The molecule has 2 heteroatoms. The highest BCUT2D eigenvalue weighted by Crippen LogP contribution is 2.50. The van der Waals surface area contributed by atoms with Crippen molar-refractivity contribution in [2.45, 2.75) is 39.0 Å². The molecule has 1 fully saturated rings. The minimum absolute atomic E-state index is 0.103. The monoisotopic (exact) mass is 206 g/mol. The molecule has 0 unspecified atom stereocenters. The van der Waals surface area contributed by atoms with E-state index < -0.39 is 0 Å². The predicted octanol–water partition coefficient (Wildman–Crippen LogP) is 3.00. The normalized spacial score (nSPS) is 23.6. The SMILES string of the molecule is COC(=O)C1=C(C)C=CCC12CCCC2. The van der Waals surface area contributed by atoms with Gasteiger partial charge in [0, 0.05) is 11.0 Å². The summed E-state index contributed by atoms with van der Waals surface area (Å²) in [5.74, 6) is -0.126. The van der Waals surface area contributed by atoms with Crippen molar-refractivity contribution in [1.82, 2.24) is 0 Å². The number of carbonyl (C=O) groups is 1. The average Bonchev–Trinajstić information content (AvgIpc) is 2.66. The maximum absolute atomic E-state index is 11.8. The van der Waals surface area contributed by atoms with Crippen LogP contribution < -0.4 is 0 Å². The Hall–Kier alpha value is -1.05. The summed E-state index contributed by atoms with van der Waals surface area (Å²) in [6.45, 7) is 2.02. The average molecular weight is 206 g/mol. The van der Waals surface area contributed by atoms with Gasteiger partial charge in [0.25, 0.3) is 0 Å². The van der Waals surface area contributed by atoms with Crippen molar-refractivity contribution >= 4 is 5.97 Å². The number of hydrogen-bond donors (Lipinski definition) is 0. The lowest BCUT2D eigenvalue weighted by Crippen LogP contribution is -2.28. The van der Waals surface area contributed by atoms with Crippen LogP contribution in [-0.4, -0.2) is 13.1 Å². The molecule has 0 aromatic carbocycles. The molecule has 0 amide bonds. The molecular formula is C13H18O2. The fraction of sp³-hybridized carbons (Fsp3) is 0.615. The molecule has 0 heterocycles. The standard InChI is InChI=1S/C13H18O2/c1-10-6-5-9-13(7-3-4-8-13)11(10)12(14)15-2/h5-6H,3-4,7-9H2,1-2H3. The van der Waals surface area contributed by atoms with Gasteiger partial charge in [0.2, 0.25) is 0 Å². The van der Waals surface area contributed by atoms with Gasteiger partial charge < -0.3 is 4.74 Å². The van der Waals surface area contributed by atoms with Crippen molar-refractivity contribution in [3.05, 3.63) is 23.3 Å². The summed E-state index contributed by atoms with van der Waals surface area (Å²) in [6, 6.07) is 0. The van der Waals surface area contributed by atoms with Crippen molar-refractivity contribution in [1.29, 1.82) is 0 Å².